The fraction of sp³-hybridized carbons (Fsp3) is 0.900. The number of aliphatic hydroxyl groups is 2. The summed E-state index contributed by atoms with van der Waals surface area (Å²) in [6.07, 6.45) is -1.50. The van der Waals surface area contributed by atoms with E-state index in [0.717, 1.165) is 0 Å². The van der Waals surface area contributed by atoms with E-state index in [4.69, 9.17) is 4.74 Å². The average Bonchev–Trinajstić information content (AvgIpc) is 2.06. The summed E-state index contributed by atoms with van der Waals surface area (Å²) in [5.41, 5.74) is -0.582. The van der Waals surface area contributed by atoms with Gasteiger partial charge in [-0.05, 0) is 33.7 Å². The third-order valence-corrected chi connectivity index (χ3v) is 2.20. The van der Waals surface area contributed by atoms with Crippen LogP contribution in [0.1, 0.15) is 27.2 Å². The van der Waals surface area contributed by atoms with Crippen molar-refractivity contribution in [2.45, 2.75) is 51.0 Å². The molecule has 5 heteroatoms. The van der Waals surface area contributed by atoms with E-state index in [1.807, 2.05) is 0 Å². The Hall–Kier alpha value is -0.650. The van der Waals surface area contributed by atoms with Crippen molar-refractivity contribution in [2.24, 2.45) is 0 Å². The molecule has 0 radical (unpaired) electrons. The molecule has 3 N–H and O–H groups in total. The molecular weight excluding hydrogens is 198 g/mol. The van der Waals surface area contributed by atoms with Gasteiger partial charge in [0.1, 0.15) is 17.7 Å². The van der Waals surface area contributed by atoms with E-state index < -0.39 is 29.8 Å². The van der Waals surface area contributed by atoms with Crippen molar-refractivity contribution in [3.8, 4) is 0 Å². The molecule has 1 aliphatic rings. The lowest BCUT2D eigenvalue weighted by Gasteiger charge is -2.33. The van der Waals surface area contributed by atoms with E-state index in [0.29, 0.717) is 13.0 Å². The summed E-state index contributed by atoms with van der Waals surface area (Å²) in [7, 11) is 0. The Labute approximate surface area is 89.4 Å². The van der Waals surface area contributed by atoms with Crippen molar-refractivity contribution in [3.05, 3.63) is 0 Å². The molecule has 0 aliphatic carbocycles. The Kier molecular flexibility index (Phi) is 3.70. The van der Waals surface area contributed by atoms with Gasteiger partial charge in [-0.25, -0.2) is 0 Å². The van der Waals surface area contributed by atoms with Crippen LogP contribution in [0.2, 0.25) is 0 Å². The summed E-state index contributed by atoms with van der Waals surface area (Å²) >= 11 is 0. The summed E-state index contributed by atoms with van der Waals surface area (Å²) in [4.78, 5) is 11.6. The molecule has 0 amide bonds. The summed E-state index contributed by atoms with van der Waals surface area (Å²) in [5.74, 6) is -0.520. The second kappa shape index (κ2) is 4.47. The number of carbonyl (C=O) groups is 1. The maximum atomic E-state index is 11.6. The molecule has 15 heavy (non-hydrogen) atoms. The van der Waals surface area contributed by atoms with Gasteiger partial charge in [0.15, 0.2) is 0 Å². The predicted molar refractivity (Wildman–Crippen MR) is 54.3 cm³/mol. The van der Waals surface area contributed by atoms with Crippen LogP contribution in [0.3, 0.4) is 0 Å². The smallest absolute Gasteiger partial charge is 0.326 e. The molecule has 5 nitrogen and oxygen atoms in total. The third-order valence-electron chi connectivity index (χ3n) is 2.20. The first-order valence-electron chi connectivity index (χ1n) is 5.13. The first-order valence-corrected chi connectivity index (χ1v) is 5.13. The Morgan fingerprint density at radius 1 is 1.40 bits per heavy atom. The molecule has 0 aromatic heterocycles. The van der Waals surface area contributed by atoms with Gasteiger partial charge in [-0.2, -0.15) is 0 Å². The molecule has 0 unspecified atom stereocenters. The van der Waals surface area contributed by atoms with Crippen LogP contribution in [0.5, 0.6) is 0 Å². The van der Waals surface area contributed by atoms with Gasteiger partial charge in [-0.15, -0.1) is 0 Å². The van der Waals surface area contributed by atoms with Crippen molar-refractivity contribution in [1.29, 1.82) is 0 Å². The zero-order valence-corrected chi connectivity index (χ0v) is 9.36. The number of hydrogen-bond donors (Lipinski definition) is 3. The maximum Gasteiger partial charge on any atom is 0.326 e. The molecule has 0 bridgehead atoms. The summed E-state index contributed by atoms with van der Waals surface area (Å²) in [5, 5.41) is 21.8. The number of nitrogens with one attached hydrogen (secondary N) is 1. The van der Waals surface area contributed by atoms with Gasteiger partial charge < -0.3 is 20.3 Å². The first-order chi connectivity index (χ1) is 6.81. The zero-order chi connectivity index (χ0) is 11.6. The van der Waals surface area contributed by atoms with Crippen LogP contribution < -0.4 is 5.32 Å². The molecule has 1 aliphatic heterocycles. The van der Waals surface area contributed by atoms with E-state index in [9.17, 15) is 15.0 Å². The Bertz CT molecular complexity index is 236. The average molecular weight is 217 g/mol. The lowest BCUT2D eigenvalue weighted by atomic mass is 9.98. The Morgan fingerprint density at radius 2 is 2.00 bits per heavy atom. The highest BCUT2D eigenvalue weighted by Crippen LogP contribution is 2.14. The van der Waals surface area contributed by atoms with Gasteiger partial charge >= 0.3 is 5.97 Å². The van der Waals surface area contributed by atoms with Crippen molar-refractivity contribution in [2.75, 3.05) is 6.54 Å². The minimum Gasteiger partial charge on any atom is -0.459 e. The molecule has 0 aromatic rings. The number of hydrogen-bond acceptors (Lipinski definition) is 5. The highest BCUT2D eigenvalue weighted by Gasteiger charge is 2.37. The first kappa shape index (κ1) is 12.4. The molecule has 0 saturated carbocycles. The number of carbonyl (C=O) groups excluding carboxylic acids is 1. The molecule has 0 aromatic carbocycles. The van der Waals surface area contributed by atoms with E-state index in [-0.39, 0.29) is 0 Å². The molecule has 88 valence electrons. The highest BCUT2D eigenvalue weighted by atomic mass is 16.6. The largest absolute Gasteiger partial charge is 0.459 e. The lowest BCUT2D eigenvalue weighted by Crippen LogP contribution is -2.57. The molecule has 3 atom stereocenters. The fourth-order valence-electron chi connectivity index (χ4n) is 1.49. The predicted octanol–water partition coefficient (Wildman–Crippen LogP) is -0.588. The monoisotopic (exact) mass is 217 g/mol. The SMILES string of the molecule is CC(C)(C)OC(=O)[C@@H]1NCC[C@H](O)[C@@H]1O. The molecule has 1 saturated heterocycles. The van der Waals surface area contributed by atoms with Gasteiger partial charge in [0, 0.05) is 0 Å². The number of aliphatic hydroxyl groups excluding tert-OH is 2. The van der Waals surface area contributed by atoms with E-state index >= 15 is 0 Å². The fourth-order valence-corrected chi connectivity index (χ4v) is 1.49. The van der Waals surface area contributed by atoms with Crippen LogP contribution in [0, 0.1) is 0 Å². The highest BCUT2D eigenvalue weighted by molar-refractivity contribution is 5.77. The Morgan fingerprint density at radius 3 is 2.53 bits per heavy atom. The van der Waals surface area contributed by atoms with Crippen molar-refractivity contribution >= 4 is 5.97 Å². The van der Waals surface area contributed by atoms with Crippen molar-refractivity contribution in [3.63, 3.8) is 0 Å². The molecule has 1 rings (SSSR count). The molecular formula is C10H19NO4. The normalized spacial score (nSPS) is 32.5. The second-order valence-corrected chi connectivity index (χ2v) is 4.81. The standard InChI is InChI=1S/C10H19NO4/c1-10(2,3)15-9(14)7-8(13)6(12)4-5-11-7/h6-8,11-13H,4-5H2,1-3H3/t6-,7+,8-/m0/s1. The minimum atomic E-state index is -1.09. The summed E-state index contributed by atoms with van der Waals surface area (Å²) in [6, 6.07) is -0.826. The van der Waals surface area contributed by atoms with Crippen LogP contribution in [0.4, 0.5) is 0 Å². The van der Waals surface area contributed by atoms with Crippen molar-refractivity contribution in [1.82, 2.24) is 5.32 Å². The summed E-state index contributed by atoms with van der Waals surface area (Å²) in [6.45, 7) is 5.78. The van der Waals surface area contributed by atoms with E-state index in [1.54, 1.807) is 20.8 Å². The van der Waals surface area contributed by atoms with Gasteiger partial charge in [-0.1, -0.05) is 0 Å². The topological polar surface area (TPSA) is 78.8 Å². The minimum absolute atomic E-state index is 0.445. The number of ether oxygens (including phenoxy) is 1. The van der Waals surface area contributed by atoms with E-state index in [1.165, 1.54) is 0 Å². The Balaban J connectivity index is 2.59. The van der Waals surface area contributed by atoms with Gasteiger partial charge in [-0.3, -0.25) is 4.79 Å². The van der Waals surface area contributed by atoms with Gasteiger partial charge in [0.2, 0.25) is 0 Å². The van der Waals surface area contributed by atoms with Gasteiger partial charge in [0.25, 0.3) is 0 Å². The number of piperidine rings is 1. The maximum absolute atomic E-state index is 11.6. The molecule has 1 heterocycles. The zero-order valence-electron chi connectivity index (χ0n) is 9.36. The van der Waals surface area contributed by atoms with Crippen LogP contribution in [0.25, 0.3) is 0 Å². The van der Waals surface area contributed by atoms with Crippen LogP contribution >= 0.6 is 0 Å². The quantitative estimate of drug-likeness (QED) is 0.512. The van der Waals surface area contributed by atoms with Gasteiger partial charge in [0.05, 0.1) is 6.10 Å². The molecule has 0 spiro atoms. The molecule has 1 fully saturated rings. The third kappa shape index (κ3) is 3.44. The lowest BCUT2D eigenvalue weighted by molar-refractivity contribution is -0.164. The van der Waals surface area contributed by atoms with Crippen LogP contribution in [0.15, 0.2) is 0 Å². The number of esters is 1. The van der Waals surface area contributed by atoms with Crippen molar-refractivity contribution < 1.29 is 19.7 Å². The summed E-state index contributed by atoms with van der Waals surface area (Å²) < 4.78 is 5.12. The second-order valence-electron chi connectivity index (χ2n) is 4.81. The van der Waals surface area contributed by atoms with E-state index in [2.05, 4.69) is 5.32 Å². The number of rotatable bonds is 1. The van der Waals surface area contributed by atoms with Crippen LogP contribution in [-0.4, -0.2) is 46.6 Å². The van der Waals surface area contributed by atoms with Crippen LogP contribution in [-0.2, 0) is 9.53 Å².